The maximum atomic E-state index is 12.8. The molecule has 14 heavy (non-hydrogen) atoms. The van der Waals surface area contributed by atoms with Crippen molar-refractivity contribution in [2.45, 2.75) is 25.7 Å². The highest BCUT2D eigenvalue weighted by Gasteiger charge is 2.46. The quantitative estimate of drug-likeness (QED) is 0.703. The molecule has 2 rings (SSSR count). The summed E-state index contributed by atoms with van der Waals surface area (Å²) < 4.78 is 30.9. The number of piperidine rings is 1. The summed E-state index contributed by atoms with van der Waals surface area (Å²) in [6.45, 7) is 2.66. The number of ether oxygens (including phenoxy) is 1. The smallest absolute Gasteiger partial charge is 0.244 e. The summed E-state index contributed by atoms with van der Waals surface area (Å²) >= 11 is 0. The van der Waals surface area contributed by atoms with Crippen molar-refractivity contribution in [3.8, 4) is 0 Å². The third-order valence-corrected chi connectivity index (χ3v) is 3.73. The zero-order valence-electron chi connectivity index (χ0n) is 8.27. The molecule has 2 saturated heterocycles. The van der Waals surface area contributed by atoms with Crippen molar-refractivity contribution in [2.24, 2.45) is 11.3 Å². The van der Waals surface area contributed by atoms with Crippen LogP contribution >= 0.6 is 0 Å². The van der Waals surface area contributed by atoms with Gasteiger partial charge < -0.3 is 10.1 Å². The van der Waals surface area contributed by atoms with Crippen molar-refractivity contribution < 1.29 is 13.5 Å². The van der Waals surface area contributed by atoms with Crippen LogP contribution in [0.1, 0.15) is 19.3 Å². The fourth-order valence-electron chi connectivity index (χ4n) is 2.73. The molecular weight excluding hydrogens is 188 g/mol. The molecule has 1 spiro atoms. The number of hydrogen-bond donors (Lipinski definition) is 1. The normalized spacial score (nSPS) is 32.4. The van der Waals surface area contributed by atoms with Crippen LogP contribution in [0.25, 0.3) is 0 Å². The molecule has 0 aromatic carbocycles. The summed E-state index contributed by atoms with van der Waals surface area (Å²) in [5, 5.41) is 3.23. The van der Waals surface area contributed by atoms with Crippen molar-refractivity contribution in [3.05, 3.63) is 0 Å². The van der Waals surface area contributed by atoms with E-state index in [-0.39, 0.29) is 12.0 Å². The lowest BCUT2D eigenvalue weighted by Gasteiger charge is -2.46. The summed E-state index contributed by atoms with van der Waals surface area (Å²) in [4.78, 5) is 0. The highest BCUT2D eigenvalue weighted by Crippen LogP contribution is 2.45. The number of alkyl halides is 2. The molecule has 0 aromatic rings. The molecule has 0 radical (unpaired) electrons. The van der Waals surface area contributed by atoms with Gasteiger partial charge in [0, 0.05) is 12.5 Å². The fraction of sp³-hybridized carbons (Fsp3) is 1.00. The van der Waals surface area contributed by atoms with Crippen LogP contribution in [0.2, 0.25) is 0 Å². The van der Waals surface area contributed by atoms with E-state index in [1.165, 1.54) is 0 Å². The minimum atomic E-state index is -2.23. The van der Waals surface area contributed by atoms with Gasteiger partial charge in [-0.05, 0) is 37.8 Å². The van der Waals surface area contributed by atoms with Crippen LogP contribution in [-0.2, 0) is 4.74 Å². The zero-order chi connectivity index (χ0) is 10.0. The van der Waals surface area contributed by atoms with E-state index in [0.717, 1.165) is 32.4 Å². The van der Waals surface area contributed by atoms with Crippen LogP contribution in [0.3, 0.4) is 0 Å². The van der Waals surface area contributed by atoms with Crippen molar-refractivity contribution >= 4 is 0 Å². The average Bonchev–Trinajstić information content (AvgIpc) is 2.19. The summed E-state index contributed by atoms with van der Waals surface area (Å²) in [6.07, 6.45) is 0.342. The second-order valence-electron chi connectivity index (χ2n) is 4.38. The fourth-order valence-corrected chi connectivity index (χ4v) is 2.73. The minimum Gasteiger partial charge on any atom is -0.381 e. The summed E-state index contributed by atoms with van der Waals surface area (Å²) in [6, 6.07) is 0. The highest BCUT2D eigenvalue weighted by molar-refractivity contribution is 4.93. The van der Waals surface area contributed by atoms with Gasteiger partial charge in [-0.15, -0.1) is 0 Å². The van der Waals surface area contributed by atoms with Gasteiger partial charge in [0.1, 0.15) is 0 Å². The average molecular weight is 205 g/mol. The summed E-state index contributed by atoms with van der Waals surface area (Å²) in [7, 11) is 0. The predicted molar refractivity (Wildman–Crippen MR) is 49.5 cm³/mol. The lowest BCUT2D eigenvalue weighted by Crippen LogP contribution is -2.49. The second-order valence-corrected chi connectivity index (χ2v) is 4.38. The largest absolute Gasteiger partial charge is 0.381 e. The standard InChI is InChI=1S/C10H17F2NO/c11-9(12)8-7-14-6-3-10(8)1-4-13-5-2-10/h8-9,13H,1-7H2. The molecule has 0 amide bonds. The van der Waals surface area contributed by atoms with Crippen molar-refractivity contribution in [1.29, 1.82) is 0 Å². The van der Waals surface area contributed by atoms with Crippen LogP contribution in [-0.4, -0.2) is 32.7 Å². The number of halogens is 2. The van der Waals surface area contributed by atoms with E-state index in [0.29, 0.717) is 6.61 Å². The molecule has 2 heterocycles. The van der Waals surface area contributed by atoms with Crippen LogP contribution < -0.4 is 5.32 Å². The van der Waals surface area contributed by atoms with E-state index in [4.69, 9.17) is 4.74 Å². The van der Waals surface area contributed by atoms with Crippen molar-refractivity contribution in [1.82, 2.24) is 5.32 Å². The SMILES string of the molecule is FC(F)C1COCCC12CCNCC2. The Bertz CT molecular complexity index is 184. The minimum absolute atomic E-state index is 0.141. The number of hydrogen-bond acceptors (Lipinski definition) is 2. The zero-order valence-corrected chi connectivity index (χ0v) is 8.27. The van der Waals surface area contributed by atoms with Gasteiger partial charge in [-0.3, -0.25) is 0 Å². The summed E-state index contributed by atoms with van der Waals surface area (Å²) in [5.74, 6) is -0.543. The molecule has 1 atom stereocenters. The van der Waals surface area contributed by atoms with Crippen molar-refractivity contribution in [3.63, 3.8) is 0 Å². The maximum absolute atomic E-state index is 12.8. The van der Waals surface area contributed by atoms with Crippen molar-refractivity contribution in [2.75, 3.05) is 26.3 Å². The molecule has 2 aliphatic rings. The van der Waals surface area contributed by atoms with Gasteiger partial charge in [-0.2, -0.15) is 0 Å². The monoisotopic (exact) mass is 205 g/mol. The first-order valence-electron chi connectivity index (χ1n) is 5.31. The Morgan fingerprint density at radius 2 is 1.93 bits per heavy atom. The molecule has 0 bridgehead atoms. The van der Waals surface area contributed by atoms with E-state index in [2.05, 4.69) is 5.32 Å². The highest BCUT2D eigenvalue weighted by atomic mass is 19.3. The van der Waals surface area contributed by atoms with Gasteiger partial charge >= 0.3 is 0 Å². The van der Waals surface area contributed by atoms with Crippen LogP contribution in [0.4, 0.5) is 8.78 Å². The molecule has 0 aliphatic carbocycles. The molecule has 1 unspecified atom stereocenters. The molecule has 2 aliphatic heterocycles. The Morgan fingerprint density at radius 1 is 1.21 bits per heavy atom. The Labute approximate surface area is 83.0 Å². The Morgan fingerprint density at radius 3 is 2.57 bits per heavy atom. The van der Waals surface area contributed by atoms with Gasteiger partial charge in [-0.25, -0.2) is 8.78 Å². The molecule has 2 nitrogen and oxygen atoms in total. The number of nitrogens with one attached hydrogen (secondary N) is 1. The van der Waals surface area contributed by atoms with Crippen LogP contribution in [0, 0.1) is 11.3 Å². The van der Waals surface area contributed by atoms with Gasteiger partial charge in [0.05, 0.1) is 6.61 Å². The molecule has 4 heteroatoms. The molecular formula is C10H17F2NO. The molecule has 1 N–H and O–H groups in total. The first kappa shape index (κ1) is 10.3. The Hall–Kier alpha value is -0.220. The number of rotatable bonds is 1. The molecule has 82 valence electrons. The van der Waals surface area contributed by atoms with E-state index < -0.39 is 12.3 Å². The van der Waals surface area contributed by atoms with E-state index in [1.54, 1.807) is 0 Å². The maximum Gasteiger partial charge on any atom is 0.244 e. The Kier molecular flexibility index (Phi) is 3.02. The second kappa shape index (κ2) is 4.11. The van der Waals surface area contributed by atoms with Crippen LogP contribution in [0.15, 0.2) is 0 Å². The predicted octanol–water partition coefficient (Wildman–Crippen LogP) is 1.66. The van der Waals surface area contributed by atoms with Crippen LogP contribution in [0.5, 0.6) is 0 Å². The molecule has 0 saturated carbocycles. The van der Waals surface area contributed by atoms with E-state index >= 15 is 0 Å². The van der Waals surface area contributed by atoms with Gasteiger partial charge in [-0.1, -0.05) is 0 Å². The van der Waals surface area contributed by atoms with Gasteiger partial charge in [0.2, 0.25) is 6.43 Å². The topological polar surface area (TPSA) is 21.3 Å². The first-order chi connectivity index (χ1) is 6.75. The third kappa shape index (κ3) is 1.77. The Balaban J connectivity index is 2.10. The van der Waals surface area contributed by atoms with Gasteiger partial charge in [0.15, 0.2) is 0 Å². The lowest BCUT2D eigenvalue weighted by atomic mass is 9.66. The lowest BCUT2D eigenvalue weighted by molar-refractivity contribution is -0.117. The van der Waals surface area contributed by atoms with E-state index in [1.807, 2.05) is 0 Å². The van der Waals surface area contributed by atoms with E-state index in [9.17, 15) is 8.78 Å². The third-order valence-electron chi connectivity index (χ3n) is 3.73. The summed E-state index contributed by atoms with van der Waals surface area (Å²) in [5.41, 5.74) is -0.141. The first-order valence-corrected chi connectivity index (χ1v) is 5.31. The van der Waals surface area contributed by atoms with Gasteiger partial charge in [0.25, 0.3) is 0 Å². The molecule has 2 fully saturated rings. The molecule has 0 aromatic heterocycles.